The number of nitrogens with one attached hydrogen (secondary N) is 1. The minimum atomic E-state index is -0.00399. The molecule has 0 radical (unpaired) electrons. The van der Waals surface area contributed by atoms with Crippen LogP contribution in [0.1, 0.15) is 56.1 Å². The number of nitrogens with zero attached hydrogens (tertiary/aromatic N) is 2. The third-order valence-electron chi connectivity index (χ3n) is 8.03. The molecule has 2 fully saturated rings. The predicted molar refractivity (Wildman–Crippen MR) is 148 cm³/mol. The molecule has 0 spiro atoms. The number of fused-ring (bicyclic) bond motifs is 1. The largest absolute Gasteiger partial charge is 0.493 e. The summed E-state index contributed by atoms with van der Waals surface area (Å²) in [5.74, 6) is 1.55. The van der Waals surface area contributed by atoms with Crippen LogP contribution in [0.5, 0.6) is 11.5 Å². The number of methoxy groups -OCH3 is 2. The average Bonchev–Trinajstić information content (AvgIpc) is 3.73. The van der Waals surface area contributed by atoms with Crippen LogP contribution in [0.25, 0.3) is 10.9 Å². The molecule has 1 N–H and O–H groups in total. The van der Waals surface area contributed by atoms with Gasteiger partial charge in [-0.2, -0.15) is 0 Å². The highest BCUT2D eigenvalue weighted by Gasteiger charge is 2.38. The molecule has 3 aromatic rings. The molecule has 2 amide bonds. The summed E-state index contributed by atoms with van der Waals surface area (Å²) < 4.78 is 10.9. The maximum absolute atomic E-state index is 13.8. The number of H-pyrrole nitrogens is 1. The number of aromatic amines is 1. The highest BCUT2D eigenvalue weighted by Crippen LogP contribution is 2.33. The molecular formula is C31H39N3O4. The second-order valence-electron chi connectivity index (χ2n) is 10.6. The quantitative estimate of drug-likeness (QED) is 0.373. The van der Waals surface area contributed by atoms with Crippen molar-refractivity contribution in [3.05, 3.63) is 59.8 Å². The van der Waals surface area contributed by atoms with Crippen LogP contribution in [0.3, 0.4) is 0 Å². The molecule has 0 saturated heterocycles. The van der Waals surface area contributed by atoms with Gasteiger partial charge in [-0.1, -0.05) is 43.5 Å². The Morgan fingerprint density at radius 2 is 1.71 bits per heavy atom. The van der Waals surface area contributed by atoms with E-state index in [-0.39, 0.29) is 30.3 Å². The SMILES string of the molecule is COc1ccc(CN(CCc2c[nH]c3ccccc23)C(=O)CN(C(=O)C2CCCCC2)C2CC2)cc1OC. The molecular weight excluding hydrogens is 478 g/mol. The Kier molecular flexibility index (Phi) is 8.20. The average molecular weight is 518 g/mol. The fraction of sp³-hybridized carbons (Fsp3) is 0.484. The molecule has 38 heavy (non-hydrogen) atoms. The summed E-state index contributed by atoms with van der Waals surface area (Å²) in [5, 5.41) is 1.18. The molecule has 0 unspecified atom stereocenters. The third kappa shape index (κ3) is 5.98. The first kappa shape index (κ1) is 26.1. The zero-order valence-electron chi connectivity index (χ0n) is 22.6. The van der Waals surface area contributed by atoms with Crippen molar-refractivity contribution in [2.75, 3.05) is 27.3 Å². The van der Waals surface area contributed by atoms with Gasteiger partial charge in [-0.25, -0.2) is 0 Å². The van der Waals surface area contributed by atoms with Gasteiger partial charge in [0.1, 0.15) is 6.54 Å². The summed E-state index contributed by atoms with van der Waals surface area (Å²) in [5.41, 5.74) is 3.24. The maximum atomic E-state index is 13.8. The van der Waals surface area contributed by atoms with Crippen molar-refractivity contribution in [2.24, 2.45) is 5.92 Å². The lowest BCUT2D eigenvalue weighted by Crippen LogP contribution is -2.46. The Labute approximate surface area is 225 Å². The first-order valence-electron chi connectivity index (χ1n) is 13.9. The van der Waals surface area contributed by atoms with Gasteiger partial charge in [0, 0.05) is 42.1 Å². The fourth-order valence-electron chi connectivity index (χ4n) is 5.69. The van der Waals surface area contributed by atoms with E-state index in [1.54, 1.807) is 14.2 Å². The van der Waals surface area contributed by atoms with E-state index >= 15 is 0 Å². The number of para-hydroxylation sites is 1. The molecule has 2 saturated carbocycles. The Balaban J connectivity index is 1.35. The smallest absolute Gasteiger partial charge is 0.242 e. The van der Waals surface area contributed by atoms with Crippen molar-refractivity contribution in [3.63, 3.8) is 0 Å². The number of aromatic nitrogens is 1. The standard InChI is InChI=1S/C31H39N3O4/c1-37-28-15-12-22(18-29(28)38-2)20-33(17-16-24-19-32-27-11-7-6-10-26(24)27)30(35)21-34(25-13-14-25)31(36)23-8-4-3-5-9-23/h6-7,10-12,15,18-19,23,25,32H,3-5,8-9,13-14,16-17,20-21H2,1-2H3. The first-order chi connectivity index (χ1) is 18.6. The van der Waals surface area contributed by atoms with Gasteiger partial charge in [0.25, 0.3) is 0 Å². The van der Waals surface area contributed by atoms with Crippen molar-refractivity contribution >= 4 is 22.7 Å². The van der Waals surface area contributed by atoms with Gasteiger partial charge in [-0.15, -0.1) is 0 Å². The normalized spacial score (nSPS) is 15.8. The maximum Gasteiger partial charge on any atom is 0.242 e. The van der Waals surface area contributed by atoms with Gasteiger partial charge in [-0.05, 0) is 61.4 Å². The van der Waals surface area contributed by atoms with Crippen molar-refractivity contribution < 1.29 is 19.1 Å². The van der Waals surface area contributed by atoms with Crippen LogP contribution in [0.2, 0.25) is 0 Å². The summed E-state index contributed by atoms with van der Waals surface area (Å²) >= 11 is 0. The molecule has 0 aliphatic heterocycles. The van der Waals surface area contributed by atoms with E-state index in [1.165, 1.54) is 17.4 Å². The van der Waals surface area contributed by atoms with Crippen LogP contribution in [-0.4, -0.2) is 59.9 Å². The van der Waals surface area contributed by atoms with Crippen molar-refractivity contribution in [1.82, 2.24) is 14.8 Å². The van der Waals surface area contributed by atoms with E-state index < -0.39 is 0 Å². The number of hydrogen-bond acceptors (Lipinski definition) is 4. The Bertz CT molecular complexity index is 1260. The van der Waals surface area contributed by atoms with Crippen LogP contribution in [0, 0.1) is 5.92 Å². The van der Waals surface area contributed by atoms with Crippen LogP contribution in [0.15, 0.2) is 48.7 Å². The molecule has 5 rings (SSSR count). The molecule has 7 heteroatoms. The second kappa shape index (κ2) is 11.9. The lowest BCUT2D eigenvalue weighted by molar-refractivity contribution is -0.144. The topological polar surface area (TPSA) is 74.9 Å². The number of rotatable bonds is 11. The summed E-state index contributed by atoms with van der Waals surface area (Å²) in [6.45, 7) is 1.16. The van der Waals surface area contributed by atoms with E-state index in [1.807, 2.05) is 46.3 Å². The zero-order valence-corrected chi connectivity index (χ0v) is 22.6. The Morgan fingerprint density at radius 1 is 0.947 bits per heavy atom. The summed E-state index contributed by atoms with van der Waals surface area (Å²) in [6.07, 6.45) is 10.1. The number of carbonyl (C=O) groups excluding carboxylic acids is 2. The van der Waals surface area contributed by atoms with E-state index in [0.717, 1.165) is 56.0 Å². The minimum Gasteiger partial charge on any atom is -0.493 e. The van der Waals surface area contributed by atoms with Gasteiger partial charge in [0.05, 0.1) is 14.2 Å². The number of amides is 2. The molecule has 2 aliphatic carbocycles. The van der Waals surface area contributed by atoms with Gasteiger partial charge < -0.3 is 24.3 Å². The highest BCUT2D eigenvalue weighted by molar-refractivity contribution is 5.87. The lowest BCUT2D eigenvalue weighted by atomic mass is 9.88. The first-order valence-corrected chi connectivity index (χ1v) is 13.9. The number of carbonyl (C=O) groups is 2. The molecule has 7 nitrogen and oxygen atoms in total. The molecule has 0 bridgehead atoms. The van der Waals surface area contributed by atoms with Crippen LogP contribution >= 0.6 is 0 Å². The van der Waals surface area contributed by atoms with Crippen molar-refractivity contribution in [3.8, 4) is 11.5 Å². The fourth-order valence-corrected chi connectivity index (χ4v) is 5.69. The molecule has 1 aromatic heterocycles. The molecule has 2 aliphatic rings. The number of ether oxygens (including phenoxy) is 2. The number of benzene rings is 2. The van der Waals surface area contributed by atoms with Crippen molar-refractivity contribution in [2.45, 2.75) is 64.0 Å². The summed E-state index contributed by atoms with van der Waals surface area (Å²) in [7, 11) is 3.23. The molecule has 1 heterocycles. The third-order valence-corrected chi connectivity index (χ3v) is 8.03. The van der Waals surface area contributed by atoms with E-state index in [0.29, 0.717) is 24.6 Å². The van der Waals surface area contributed by atoms with E-state index in [9.17, 15) is 9.59 Å². The molecule has 2 aromatic carbocycles. The Hall–Kier alpha value is -3.48. The monoisotopic (exact) mass is 517 g/mol. The molecule has 202 valence electrons. The van der Waals surface area contributed by atoms with Gasteiger partial charge in [0.15, 0.2) is 11.5 Å². The summed E-state index contributed by atoms with van der Waals surface area (Å²) in [4.78, 5) is 34.4. The highest BCUT2D eigenvalue weighted by atomic mass is 16.5. The predicted octanol–water partition coefficient (Wildman–Crippen LogP) is 5.33. The van der Waals surface area contributed by atoms with Gasteiger partial charge >= 0.3 is 0 Å². The van der Waals surface area contributed by atoms with E-state index in [2.05, 4.69) is 17.1 Å². The molecule has 0 atom stereocenters. The van der Waals surface area contributed by atoms with Gasteiger partial charge in [-0.3, -0.25) is 9.59 Å². The van der Waals surface area contributed by atoms with Crippen LogP contribution in [-0.2, 0) is 22.6 Å². The minimum absolute atomic E-state index is 0.00399. The van der Waals surface area contributed by atoms with Crippen molar-refractivity contribution in [1.29, 1.82) is 0 Å². The van der Waals surface area contributed by atoms with Crippen LogP contribution < -0.4 is 9.47 Å². The second-order valence-corrected chi connectivity index (χ2v) is 10.6. The number of hydrogen-bond donors (Lipinski definition) is 1. The zero-order chi connectivity index (χ0) is 26.5. The van der Waals surface area contributed by atoms with Crippen LogP contribution in [0.4, 0.5) is 0 Å². The summed E-state index contributed by atoms with van der Waals surface area (Å²) in [6, 6.07) is 14.2. The Morgan fingerprint density at radius 3 is 2.45 bits per heavy atom. The van der Waals surface area contributed by atoms with Gasteiger partial charge in [0.2, 0.25) is 11.8 Å². The lowest BCUT2D eigenvalue weighted by Gasteiger charge is -2.31. The van der Waals surface area contributed by atoms with E-state index in [4.69, 9.17) is 9.47 Å².